The van der Waals surface area contributed by atoms with Crippen LogP contribution in [0.3, 0.4) is 0 Å². The highest BCUT2D eigenvalue weighted by Gasteiger charge is 2.16. The molecule has 1 N–H and O–H groups in total. The summed E-state index contributed by atoms with van der Waals surface area (Å²) in [4.78, 5) is 24.4. The predicted molar refractivity (Wildman–Crippen MR) is 279 cm³/mol. The zero-order chi connectivity index (χ0) is 46.3. The summed E-state index contributed by atoms with van der Waals surface area (Å²) in [5, 5.41) is 9.61. The fourth-order valence-electron chi connectivity index (χ4n) is 8.13. The minimum absolute atomic E-state index is 0.0818. The number of hydrogen-bond acceptors (Lipinski definition) is 5. The number of carbonyl (C=O) groups excluding carboxylic acids is 2. The number of esters is 2. The van der Waals surface area contributed by atoms with E-state index in [1.807, 2.05) is 0 Å². The van der Waals surface area contributed by atoms with Gasteiger partial charge in [-0.05, 0) is 77.0 Å². The summed E-state index contributed by atoms with van der Waals surface area (Å²) in [6.07, 6.45) is 73.6. The Morgan fingerprint density at radius 3 is 1.06 bits per heavy atom. The van der Waals surface area contributed by atoms with Gasteiger partial charge in [0.2, 0.25) is 0 Å². The highest BCUT2D eigenvalue weighted by Crippen LogP contribution is 2.17. The van der Waals surface area contributed by atoms with E-state index < -0.39 is 6.10 Å². The maximum atomic E-state index is 12.2. The molecule has 0 saturated carbocycles. The van der Waals surface area contributed by atoms with Gasteiger partial charge in [-0.15, -0.1) is 0 Å². The van der Waals surface area contributed by atoms with Gasteiger partial charge in [0.05, 0.1) is 6.61 Å². The van der Waals surface area contributed by atoms with Crippen LogP contribution in [0.1, 0.15) is 284 Å². The maximum absolute atomic E-state index is 12.2. The van der Waals surface area contributed by atoms with Gasteiger partial charge in [0.25, 0.3) is 0 Å². The standard InChI is InChI=1S/C59H106O5/c1-3-5-7-9-11-13-15-17-19-20-21-22-23-24-25-26-27-28-29-30-31-32-33-34-35-36-37-38-40-41-43-45-47-49-51-53-58(61)63-56-57(55-60)64-59(62)54-52-50-48-46-44-42-39-18-16-14-12-10-8-6-4-2/h6,8,12,14,18,20-21,39,44,46,57,60H,3-5,7,9-11,13,15-17,19,22-38,40-43,45,47-56H2,1-2H3/b8-6-,14-12-,21-20-,39-18-,46-44-. The van der Waals surface area contributed by atoms with Crippen molar-refractivity contribution >= 4 is 11.9 Å². The van der Waals surface area contributed by atoms with E-state index in [1.165, 1.54) is 193 Å². The molecule has 1 atom stereocenters. The van der Waals surface area contributed by atoms with Crippen molar-refractivity contribution in [2.24, 2.45) is 0 Å². The van der Waals surface area contributed by atoms with Gasteiger partial charge in [-0.3, -0.25) is 9.59 Å². The van der Waals surface area contributed by atoms with Crippen LogP contribution < -0.4 is 0 Å². The molecule has 0 aliphatic carbocycles. The van der Waals surface area contributed by atoms with E-state index in [-0.39, 0.29) is 25.2 Å². The second-order valence-electron chi connectivity index (χ2n) is 18.6. The summed E-state index contributed by atoms with van der Waals surface area (Å²) in [5.74, 6) is -0.632. The molecular weight excluding hydrogens is 789 g/mol. The molecule has 0 aromatic carbocycles. The molecule has 0 radical (unpaired) electrons. The van der Waals surface area contributed by atoms with Crippen LogP contribution in [0.2, 0.25) is 0 Å². The zero-order valence-corrected chi connectivity index (χ0v) is 42.5. The van der Waals surface area contributed by atoms with Gasteiger partial charge in [0, 0.05) is 12.8 Å². The fraction of sp³-hybridized carbons (Fsp3) is 0.797. The number of rotatable bonds is 51. The lowest BCUT2D eigenvalue weighted by atomic mass is 10.0. The highest BCUT2D eigenvalue weighted by molar-refractivity contribution is 5.70. The third-order valence-electron chi connectivity index (χ3n) is 12.3. The summed E-state index contributed by atoms with van der Waals surface area (Å²) < 4.78 is 10.6. The topological polar surface area (TPSA) is 72.8 Å². The summed E-state index contributed by atoms with van der Waals surface area (Å²) in [7, 11) is 0. The van der Waals surface area contributed by atoms with Crippen molar-refractivity contribution in [3.63, 3.8) is 0 Å². The van der Waals surface area contributed by atoms with E-state index in [1.54, 1.807) is 0 Å². The van der Waals surface area contributed by atoms with Gasteiger partial charge in [-0.25, -0.2) is 0 Å². The Balaban J connectivity index is 3.42. The van der Waals surface area contributed by atoms with Crippen molar-refractivity contribution < 1.29 is 24.2 Å². The lowest BCUT2D eigenvalue weighted by Gasteiger charge is -2.15. The van der Waals surface area contributed by atoms with Crippen LogP contribution in [0.4, 0.5) is 0 Å². The van der Waals surface area contributed by atoms with E-state index in [4.69, 9.17) is 9.47 Å². The molecule has 0 bridgehead atoms. The number of aliphatic hydroxyl groups excluding tert-OH is 1. The minimum Gasteiger partial charge on any atom is -0.462 e. The molecule has 1 unspecified atom stereocenters. The number of allylic oxidation sites excluding steroid dienone is 10. The number of aliphatic hydroxyl groups is 1. The lowest BCUT2D eigenvalue weighted by molar-refractivity contribution is -0.161. The van der Waals surface area contributed by atoms with Gasteiger partial charge in [-0.1, -0.05) is 254 Å². The van der Waals surface area contributed by atoms with Gasteiger partial charge >= 0.3 is 11.9 Å². The van der Waals surface area contributed by atoms with Crippen molar-refractivity contribution in [3.05, 3.63) is 60.8 Å². The monoisotopic (exact) mass is 895 g/mol. The summed E-state index contributed by atoms with van der Waals surface area (Å²) in [5.41, 5.74) is 0. The smallest absolute Gasteiger partial charge is 0.306 e. The first-order valence-corrected chi connectivity index (χ1v) is 27.8. The predicted octanol–water partition coefficient (Wildman–Crippen LogP) is 18.6. The van der Waals surface area contributed by atoms with Crippen molar-refractivity contribution in [2.45, 2.75) is 290 Å². The molecule has 0 rings (SSSR count). The molecule has 0 aliphatic rings. The van der Waals surface area contributed by atoms with E-state index in [9.17, 15) is 14.7 Å². The van der Waals surface area contributed by atoms with Crippen molar-refractivity contribution in [2.75, 3.05) is 13.2 Å². The first-order valence-electron chi connectivity index (χ1n) is 27.8. The Morgan fingerprint density at radius 1 is 0.375 bits per heavy atom. The third kappa shape index (κ3) is 52.2. The zero-order valence-electron chi connectivity index (χ0n) is 42.5. The van der Waals surface area contributed by atoms with Gasteiger partial charge in [0.15, 0.2) is 6.10 Å². The van der Waals surface area contributed by atoms with Crippen LogP contribution in [0.25, 0.3) is 0 Å². The van der Waals surface area contributed by atoms with Gasteiger partial charge in [-0.2, -0.15) is 0 Å². The molecule has 372 valence electrons. The molecule has 0 aliphatic heterocycles. The largest absolute Gasteiger partial charge is 0.462 e. The fourth-order valence-corrected chi connectivity index (χ4v) is 8.13. The van der Waals surface area contributed by atoms with Crippen molar-refractivity contribution in [1.82, 2.24) is 0 Å². The molecule has 5 nitrogen and oxygen atoms in total. The third-order valence-corrected chi connectivity index (χ3v) is 12.3. The van der Waals surface area contributed by atoms with Crippen LogP contribution in [0.5, 0.6) is 0 Å². The number of ether oxygens (including phenoxy) is 2. The second kappa shape index (κ2) is 54.9. The van der Waals surface area contributed by atoms with E-state index >= 15 is 0 Å². The van der Waals surface area contributed by atoms with Crippen LogP contribution in [-0.2, 0) is 19.1 Å². The van der Waals surface area contributed by atoms with Crippen LogP contribution in [0, 0.1) is 0 Å². The first kappa shape index (κ1) is 61.6. The number of unbranched alkanes of at least 4 members (excludes halogenated alkanes) is 33. The normalized spacial score (nSPS) is 12.6. The van der Waals surface area contributed by atoms with E-state index in [0.29, 0.717) is 12.8 Å². The molecule has 0 heterocycles. The Labute approximate surface area is 398 Å². The average Bonchev–Trinajstić information content (AvgIpc) is 3.30. The summed E-state index contributed by atoms with van der Waals surface area (Å²) in [6.45, 7) is 4.01. The van der Waals surface area contributed by atoms with E-state index in [0.717, 1.165) is 64.2 Å². The molecule has 5 heteroatoms. The maximum Gasteiger partial charge on any atom is 0.306 e. The minimum atomic E-state index is -0.794. The summed E-state index contributed by atoms with van der Waals surface area (Å²) >= 11 is 0. The molecule has 0 amide bonds. The Kier molecular flexibility index (Phi) is 52.9. The molecule has 0 aromatic heterocycles. The van der Waals surface area contributed by atoms with Crippen LogP contribution in [0.15, 0.2) is 60.8 Å². The molecule has 0 saturated heterocycles. The van der Waals surface area contributed by atoms with Gasteiger partial charge < -0.3 is 14.6 Å². The number of hydrogen-bond donors (Lipinski definition) is 1. The van der Waals surface area contributed by atoms with Crippen LogP contribution >= 0.6 is 0 Å². The molecule has 0 fully saturated rings. The Morgan fingerprint density at radius 2 is 0.672 bits per heavy atom. The van der Waals surface area contributed by atoms with Crippen LogP contribution in [-0.4, -0.2) is 36.4 Å². The van der Waals surface area contributed by atoms with Crippen molar-refractivity contribution in [1.29, 1.82) is 0 Å². The van der Waals surface area contributed by atoms with Gasteiger partial charge in [0.1, 0.15) is 6.61 Å². The SMILES string of the molecule is CC/C=C\C/C=C\C/C=C\C/C=C\CCCCC(=O)OC(CO)COC(=O)CCCCCCCCCCCCCCCCCCCCCCCCC/C=C\CCCCCCCCCC. The van der Waals surface area contributed by atoms with E-state index in [2.05, 4.69) is 74.6 Å². The average molecular weight is 895 g/mol. The number of carbonyl (C=O) groups is 2. The Hall–Kier alpha value is -2.40. The molecular formula is C59H106O5. The molecule has 64 heavy (non-hydrogen) atoms. The summed E-state index contributed by atoms with van der Waals surface area (Å²) in [6, 6.07) is 0. The quantitative estimate of drug-likeness (QED) is 0.0374. The lowest BCUT2D eigenvalue weighted by Crippen LogP contribution is -2.28. The molecule has 0 spiro atoms. The Bertz CT molecular complexity index is 1100. The van der Waals surface area contributed by atoms with Crippen molar-refractivity contribution in [3.8, 4) is 0 Å². The molecule has 0 aromatic rings. The highest BCUT2D eigenvalue weighted by atomic mass is 16.6. The second-order valence-corrected chi connectivity index (χ2v) is 18.6. The first-order chi connectivity index (χ1) is 31.6.